The molecule has 28 heavy (non-hydrogen) atoms. The van der Waals surface area contributed by atoms with Gasteiger partial charge in [-0.15, -0.1) is 0 Å². The number of hydrogen-bond donors (Lipinski definition) is 1. The molecule has 0 bridgehead atoms. The fraction of sp³-hybridized carbons (Fsp3) is 0.350. The Kier molecular flexibility index (Phi) is 4.77. The summed E-state index contributed by atoms with van der Waals surface area (Å²) in [5, 5.41) is 0. The maximum Gasteiger partial charge on any atom is 0.270 e. The van der Waals surface area contributed by atoms with Crippen LogP contribution in [0.15, 0.2) is 35.4 Å². The highest BCUT2D eigenvalue weighted by Gasteiger charge is 2.24. The number of aryl methyl sites for hydroxylation is 1. The van der Waals surface area contributed by atoms with Gasteiger partial charge in [0.1, 0.15) is 17.8 Å². The third-order valence-electron chi connectivity index (χ3n) is 5.01. The third kappa shape index (κ3) is 3.45. The van der Waals surface area contributed by atoms with Crippen molar-refractivity contribution in [2.75, 3.05) is 25.5 Å². The minimum absolute atomic E-state index is 0.00465. The summed E-state index contributed by atoms with van der Waals surface area (Å²) in [5.74, 6) is 0.911. The van der Waals surface area contributed by atoms with Gasteiger partial charge in [-0.05, 0) is 18.6 Å². The molecular formula is C20H22N6O2. The molecule has 3 heterocycles. The summed E-state index contributed by atoms with van der Waals surface area (Å²) in [7, 11) is 3.91. The van der Waals surface area contributed by atoms with Crippen LogP contribution >= 0.6 is 0 Å². The van der Waals surface area contributed by atoms with Crippen LogP contribution in [-0.2, 0) is 24.2 Å². The number of anilines is 1. The molecule has 1 aliphatic rings. The molecule has 1 aliphatic heterocycles. The summed E-state index contributed by atoms with van der Waals surface area (Å²) in [6.07, 6.45) is 2.83. The van der Waals surface area contributed by atoms with Crippen LogP contribution in [0.3, 0.4) is 0 Å². The van der Waals surface area contributed by atoms with Crippen LogP contribution in [0.2, 0.25) is 0 Å². The molecule has 0 saturated heterocycles. The molecule has 0 aliphatic carbocycles. The monoisotopic (exact) mass is 378 g/mol. The van der Waals surface area contributed by atoms with Crippen molar-refractivity contribution in [2.24, 2.45) is 0 Å². The molecule has 8 nitrogen and oxygen atoms in total. The number of amides is 1. The molecule has 0 atom stereocenters. The first-order valence-corrected chi connectivity index (χ1v) is 9.28. The Balaban J connectivity index is 1.46. The van der Waals surface area contributed by atoms with Gasteiger partial charge in [0, 0.05) is 39.0 Å². The summed E-state index contributed by atoms with van der Waals surface area (Å²) >= 11 is 0. The van der Waals surface area contributed by atoms with Crippen LogP contribution in [0.5, 0.6) is 0 Å². The topological polar surface area (TPSA) is 95.1 Å². The SMILES string of the molecule is CN(C)c1ncnc2c1CCN(C(=O)CCc1nc3ccccc3[nH]c1=O)C2. The van der Waals surface area contributed by atoms with E-state index in [4.69, 9.17) is 0 Å². The zero-order valence-corrected chi connectivity index (χ0v) is 16.0. The van der Waals surface area contributed by atoms with E-state index >= 15 is 0 Å². The summed E-state index contributed by atoms with van der Waals surface area (Å²) in [6, 6.07) is 7.38. The molecule has 0 fully saturated rings. The number of carbonyl (C=O) groups excluding carboxylic acids is 1. The van der Waals surface area contributed by atoms with Gasteiger partial charge in [0.05, 0.1) is 23.3 Å². The fourth-order valence-corrected chi connectivity index (χ4v) is 3.56. The number of nitrogens with one attached hydrogen (secondary N) is 1. The van der Waals surface area contributed by atoms with Gasteiger partial charge in [0.2, 0.25) is 5.91 Å². The van der Waals surface area contributed by atoms with E-state index in [1.807, 2.05) is 43.3 Å². The molecule has 2 aromatic heterocycles. The second kappa shape index (κ2) is 7.38. The Bertz CT molecular complexity index is 1090. The lowest BCUT2D eigenvalue weighted by atomic mass is 10.0. The fourth-order valence-electron chi connectivity index (χ4n) is 3.56. The van der Waals surface area contributed by atoms with Crippen molar-refractivity contribution in [3.63, 3.8) is 0 Å². The van der Waals surface area contributed by atoms with Crippen molar-refractivity contribution in [1.29, 1.82) is 0 Å². The van der Waals surface area contributed by atoms with Gasteiger partial charge < -0.3 is 14.8 Å². The van der Waals surface area contributed by atoms with E-state index in [0.29, 0.717) is 30.7 Å². The first-order chi connectivity index (χ1) is 13.5. The number of benzene rings is 1. The van der Waals surface area contributed by atoms with Gasteiger partial charge >= 0.3 is 0 Å². The van der Waals surface area contributed by atoms with E-state index in [-0.39, 0.29) is 17.9 Å². The van der Waals surface area contributed by atoms with Crippen LogP contribution in [0, 0.1) is 0 Å². The zero-order valence-electron chi connectivity index (χ0n) is 16.0. The summed E-state index contributed by atoms with van der Waals surface area (Å²) in [6.45, 7) is 1.10. The van der Waals surface area contributed by atoms with Crippen molar-refractivity contribution in [1.82, 2.24) is 24.8 Å². The van der Waals surface area contributed by atoms with Crippen LogP contribution < -0.4 is 10.5 Å². The Morgan fingerprint density at radius 2 is 2.07 bits per heavy atom. The quantitative estimate of drug-likeness (QED) is 0.735. The maximum absolute atomic E-state index is 12.7. The molecule has 144 valence electrons. The normalized spacial score (nSPS) is 13.4. The first-order valence-electron chi connectivity index (χ1n) is 9.28. The van der Waals surface area contributed by atoms with Crippen LogP contribution in [0.4, 0.5) is 5.82 Å². The Morgan fingerprint density at radius 3 is 2.89 bits per heavy atom. The first kappa shape index (κ1) is 18.1. The molecule has 0 radical (unpaired) electrons. The van der Waals surface area contributed by atoms with Gasteiger partial charge in [-0.25, -0.2) is 15.0 Å². The van der Waals surface area contributed by atoms with Crippen LogP contribution in [0.1, 0.15) is 23.4 Å². The molecule has 0 saturated carbocycles. The van der Waals surface area contributed by atoms with E-state index in [1.54, 1.807) is 11.2 Å². The standard InChI is InChI=1S/C20H22N6O2/c1-25(2)19-13-9-10-26(11-17(13)21-12-22-19)18(27)8-7-16-20(28)24-15-6-4-3-5-14(15)23-16/h3-6,12H,7-11H2,1-2H3,(H,24,28). The number of aromatic amines is 1. The average Bonchev–Trinajstić information content (AvgIpc) is 2.71. The molecule has 0 spiro atoms. The number of aromatic nitrogens is 4. The predicted octanol–water partition coefficient (Wildman–Crippen LogP) is 1.30. The van der Waals surface area contributed by atoms with Crippen molar-refractivity contribution in [3.8, 4) is 0 Å². The Hall–Kier alpha value is -3.29. The van der Waals surface area contributed by atoms with Crippen molar-refractivity contribution in [2.45, 2.75) is 25.8 Å². The van der Waals surface area contributed by atoms with E-state index in [1.165, 1.54) is 0 Å². The molecule has 8 heteroatoms. The van der Waals surface area contributed by atoms with Gasteiger partial charge in [-0.3, -0.25) is 9.59 Å². The van der Waals surface area contributed by atoms with Crippen molar-refractivity contribution in [3.05, 3.63) is 57.9 Å². The number of H-pyrrole nitrogens is 1. The minimum atomic E-state index is -0.237. The highest BCUT2D eigenvalue weighted by atomic mass is 16.2. The highest BCUT2D eigenvalue weighted by Crippen LogP contribution is 2.24. The van der Waals surface area contributed by atoms with Gasteiger partial charge in [0.25, 0.3) is 5.56 Å². The predicted molar refractivity (Wildman–Crippen MR) is 106 cm³/mol. The van der Waals surface area contributed by atoms with E-state index < -0.39 is 0 Å². The Labute approximate surface area is 162 Å². The number of fused-ring (bicyclic) bond motifs is 2. The molecule has 0 unspecified atom stereocenters. The third-order valence-corrected chi connectivity index (χ3v) is 5.01. The molecule has 1 N–H and O–H groups in total. The summed E-state index contributed by atoms with van der Waals surface area (Å²) in [5.41, 5.74) is 3.57. The molecule has 1 amide bonds. The largest absolute Gasteiger partial charge is 0.362 e. The second-order valence-electron chi connectivity index (χ2n) is 7.11. The number of carbonyl (C=O) groups is 1. The van der Waals surface area contributed by atoms with Gasteiger partial charge in [0.15, 0.2) is 0 Å². The van der Waals surface area contributed by atoms with Crippen molar-refractivity contribution >= 4 is 22.8 Å². The highest BCUT2D eigenvalue weighted by molar-refractivity contribution is 5.77. The lowest BCUT2D eigenvalue weighted by molar-refractivity contribution is -0.132. The van der Waals surface area contributed by atoms with Gasteiger partial charge in [-0.2, -0.15) is 0 Å². The number of nitrogens with zero attached hydrogens (tertiary/aromatic N) is 5. The number of para-hydroxylation sites is 2. The average molecular weight is 378 g/mol. The molecule has 3 aromatic rings. The molecular weight excluding hydrogens is 356 g/mol. The van der Waals surface area contributed by atoms with Crippen LogP contribution in [0.25, 0.3) is 11.0 Å². The minimum Gasteiger partial charge on any atom is -0.362 e. The second-order valence-corrected chi connectivity index (χ2v) is 7.11. The number of hydrogen-bond acceptors (Lipinski definition) is 6. The van der Waals surface area contributed by atoms with E-state index in [0.717, 1.165) is 29.0 Å². The lowest BCUT2D eigenvalue weighted by Gasteiger charge is -2.30. The molecule has 4 rings (SSSR count). The maximum atomic E-state index is 12.7. The summed E-state index contributed by atoms with van der Waals surface area (Å²) in [4.78, 5) is 44.6. The van der Waals surface area contributed by atoms with E-state index in [2.05, 4.69) is 19.9 Å². The van der Waals surface area contributed by atoms with Gasteiger partial charge in [-0.1, -0.05) is 12.1 Å². The summed E-state index contributed by atoms with van der Waals surface area (Å²) < 4.78 is 0. The molecule has 1 aromatic carbocycles. The lowest BCUT2D eigenvalue weighted by Crippen LogP contribution is -2.37. The van der Waals surface area contributed by atoms with Crippen molar-refractivity contribution < 1.29 is 4.79 Å². The van der Waals surface area contributed by atoms with Crippen LogP contribution in [-0.4, -0.2) is 51.4 Å². The Morgan fingerprint density at radius 1 is 1.25 bits per heavy atom. The van der Waals surface area contributed by atoms with E-state index in [9.17, 15) is 9.59 Å². The smallest absolute Gasteiger partial charge is 0.270 e. The number of rotatable bonds is 4. The zero-order chi connectivity index (χ0) is 19.7.